The summed E-state index contributed by atoms with van der Waals surface area (Å²) >= 11 is 0. The monoisotopic (exact) mass is 137 g/mol. The average Bonchev–Trinajstić information content (AvgIpc) is 1.88. The molecule has 0 amide bonds. The van der Waals surface area contributed by atoms with E-state index in [1.165, 1.54) is 0 Å². The van der Waals surface area contributed by atoms with Crippen LogP contribution in [0.4, 0.5) is 0 Å². The third kappa shape index (κ3) is 1.47. The Morgan fingerprint density at radius 1 is 1.70 bits per heavy atom. The summed E-state index contributed by atoms with van der Waals surface area (Å²) in [5.41, 5.74) is 0.880. The van der Waals surface area contributed by atoms with Crippen LogP contribution in [-0.4, -0.2) is 17.7 Å². The van der Waals surface area contributed by atoms with Crippen molar-refractivity contribution in [3.63, 3.8) is 0 Å². The molecule has 1 heterocycles. The van der Waals surface area contributed by atoms with Crippen molar-refractivity contribution < 1.29 is 4.79 Å². The molecular weight excluding hydrogens is 126 g/mol. The third-order valence-corrected chi connectivity index (χ3v) is 1.49. The molecule has 0 N–H and O–H groups in total. The zero-order valence-corrected chi connectivity index (χ0v) is 6.29. The smallest absolute Gasteiger partial charge is 0.157 e. The first-order valence-electron chi connectivity index (χ1n) is 3.30. The predicted octanol–water partition coefficient (Wildman–Crippen LogP) is 1.31. The Hall–Kier alpha value is -1.05. The summed E-state index contributed by atoms with van der Waals surface area (Å²) in [7, 11) is 1.92. The topological polar surface area (TPSA) is 20.3 Å². The molecule has 54 valence electrons. The second-order valence-electron chi connectivity index (χ2n) is 2.46. The molecule has 0 aromatic heterocycles. The fourth-order valence-corrected chi connectivity index (χ4v) is 0.922. The van der Waals surface area contributed by atoms with Crippen LogP contribution in [0, 0.1) is 0 Å². The van der Waals surface area contributed by atoms with Gasteiger partial charge in [0.25, 0.3) is 0 Å². The van der Waals surface area contributed by atoms with E-state index in [1.54, 1.807) is 6.92 Å². The second-order valence-corrected chi connectivity index (χ2v) is 2.46. The Kier molecular flexibility index (Phi) is 1.90. The van der Waals surface area contributed by atoms with E-state index in [0.29, 0.717) is 0 Å². The van der Waals surface area contributed by atoms with E-state index in [1.807, 2.05) is 30.4 Å². The molecule has 10 heavy (non-hydrogen) atoms. The van der Waals surface area contributed by atoms with Crippen LogP contribution in [0.25, 0.3) is 0 Å². The van der Waals surface area contributed by atoms with Crippen molar-refractivity contribution in [2.24, 2.45) is 0 Å². The Labute approximate surface area is 60.8 Å². The first kappa shape index (κ1) is 7.06. The van der Waals surface area contributed by atoms with Crippen molar-refractivity contribution in [3.8, 4) is 0 Å². The number of carbonyl (C=O) groups is 1. The van der Waals surface area contributed by atoms with Gasteiger partial charge in [0, 0.05) is 18.8 Å². The first-order chi connectivity index (χ1) is 4.70. The van der Waals surface area contributed by atoms with Gasteiger partial charge in [-0.2, -0.15) is 0 Å². The van der Waals surface area contributed by atoms with Crippen LogP contribution in [-0.2, 0) is 4.79 Å². The Morgan fingerprint density at radius 3 is 2.80 bits per heavy atom. The van der Waals surface area contributed by atoms with E-state index in [2.05, 4.69) is 0 Å². The number of Topliss-reactive ketones (excluding diaryl/α,β-unsaturated/α-hetero) is 1. The van der Waals surface area contributed by atoms with Crippen molar-refractivity contribution in [2.75, 3.05) is 7.05 Å². The number of carbonyl (C=O) groups excluding carboxylic acids is 1. The number of ketones is 1. The van der Waals surface area contributed by atoms with Crippen molar-refractivity contribution >= 4 is 5.78 Å². The molecule has 0 saturated heterocycles. The first-order valence-corrected chi connectivity index (χ1v) is 3.30. The van der Waals surface area contributed by atoms with Crippen molar-refractivity contribution in [2.45, 2.75) is 13.3 Å². The summed E-state index contributed by atoms with van der Waals surface area (Å²) < 4.78 is 0. The molecule has 0 aliphatic carbocycles. The molecule has 2 heteroatoms. The van der Waals surface area contributed by atoms with Gasteiger partial charge in [-0.25, -0.2) is 0 Å². The highest BCUT2D eigenvalue weighted by Gasteiger charge is 2.05. The van der Waals surface area contributed by atoms with Gasteiger partial charge in [0.1, 0.15) is 0 Å². The molecule has 0 spiro atoms. The van der Waals surface area contributed by atoms with Crippen molar-refractivity contribution in [1.82, 2.24) is 4.90 Å². The summed E-state index contributed by atoms with van der Waals surface area (Å²) in [5, 5.41) is 0. The molecule has 0 radical (unpaired) electrons. The van der Waals surface area contributed by atoms with Crippen LogP contribution in [0.2, 0.25) is 0 Å². The van der Waals surface area contributed by atoms with Crippen LogP contribution in [0.15, 0.2) is 24.0 Å². The number of nitrogens with zero attached hydrogens (tertiary/aromatic N) is 1. The molecule has 0 aromatic carbocycles. The largest absolute Gasteiger partial charge is 0.357 e. The van der Waals surface area contributed by atoms with E-state index < -0.39 is 0 Å². The molecule has 0 unspecified atom stereocenters. The number of rotatable bonds is 1. The standard InChI is InChI=1S/C8H11NO/c1-7(10)8-4-3-5-9(2)6-8/h3,5-6H,4H2,1-2H3. The van der Waals surface area contributed by atoms with Crippen LogP contribution >= 0.6 is 0 Å². The second kappa shape index (κ2) is 2.69. The molecule has 1 rings (SSSR count). The van der Waals surface area contributed by atoms with Gasteiger partial charge >= 0.3 is 0 Å². The highest BCUT2D eigenvalue weighted by Crippen LogP contribution is 2.10. The normalized spacial score (nSPS) is 17.0. The summed E-state index contributed by atoms with van der Waals surface area (Å²) in [5.74, 6) is 0.163. The predicted molar refractivity (Wildman–Crippen MR) is 40.3 cm³/mol. The van der Waals surface area contributed by atoms with Crippen LogP contribution in [0.1, 0.15) is 13.3 Å². The van der Waals surface area contributed by atoms with Gasteiger partial charge in [-0.1, -0.05) is 6.08 Å². The van der Waals surface area contributed by atoms with E-state index in [9.17, 15) is 4.79 Å². The van der Waals surface area contributed by atoms with Gasteiger partial charge in [0.2, 0.25) is 0 Å². The lowest BCUT2D eigenvalue weighted by Crippen LogP contribution is -2.09. The molecule has 0 atom stereocenters. The van der Waals surface area contributed by atoms with Crippen LogP contribution in [0.5, 0.6) is 0 Å². The minimum Gasteiger partial charge on any atom is -0.357 e. The van der Waals surface area contributed by atoms with E-state index >= 15 is 0 Å². The SMILES string of the molecule is CC(=O)C1=CN(C)C=CC1. The summed E-state index contributed by atoms with van der Waals surface area (Å²) in [6, 6.07) is 0. The summed E-state index contributed by atoms with van der Waals surface area (Å²) in [4.78, 5) is 12.7. The Morgan fingerprint density at radius 2 is 2.40 bits per heavy atom. The maximum absolute atomic E-state index is 10.8. The molecule has 2 nitrogen and oxygen atoms in total. The lowest BCUT2D eigenvalue weighted by atomic mass is 10.1. The van der Waals surface area contributed by atoms with E-state index in [-0.39, 0.29) is 5.78 Å². The lowest BCUT2D eigenvalue weighted by molar-refractivity contribution is -0.113. The number of hydrogen-bond acceptors (Lipinski definition) is 2. The Bertz CT molecular complexity index is 203. The lowest BCUT2D eigenvalue weighted by Gasteiger charge is -2.14. The molecular formula is C8H11NO. The molecule has 0 aromatic rings. The van der Waals surface area contributed by atoms with E-state index in [0.717, 1.165) is 12.0 Å². The number of hydrogen-bond donors (Lipinski definition) is 0. The molecule has 1 aliphatic rings. The zero-order valence-electron chi connectivity index (χ0n) is 6.29. The summed E-state index contributed by atoms with van der Waals surface area (Å²) in [6.45, 7) is 1.60. The fourth-order valence-electron chi connectivity index (χ4n) is 0.922. The molecule has 1 aliphatic heterocycles. The van der Waals surface area contributed by atoms with Gasteiger partial charge in [0.15, 0.2) is 5.78 Å². The van der Waals surface area contributed by atoms with Crippen LogP contribution < -0.4 is 0 Å². The highest BCUT2D eigenvalue weighted by molar-refractivity contribution is 5.93. The molecule has 0 fully saturated rings. The van der Waals surface area contributed by atoms with E-state index in [4.69, 9.17) is 0 Å². The zero-order chi connectivity index (χ0) is 7.56. The van der Waals surface area contributed by atoms with Gasteiger partial charge in [-0.05, 0) is 19.5 Å². The maximum Gasteiger partial charge on any atom is 0.157 e. The summed E-state index contributed by atoms with van der Waals surface area (Å²) in [6.07, 6.45) is 6.57. The minimum absolute atomic E-state index is 0.163. The maximum atomic E-state index is 10.8. The quantitative estimate of drug-likeness (QED) is 0.543. The van der Waals surface area contributed by atoms with Gasteiger partial charge in [-0.3, -0.25) is 4.79 Å². The average molecular weight is 137 g/mol. The third-order valence-electron chi connectivity index (χ3n) is 1.49. The number of allylic oxidation sites excluding steroid dienone is 2. The van der Waals surface area contributed by atoms with Crippen LogP contribution in [0.3, 0.4) is 0 Å². The van der Waals surface area contributed by atoms with Crippen molar-refractivity contribution in [3.05, 3.63) is 24.0 Å². The molecule has 0 saturated carbocycles. The van der Waals surface area contributed by atoms with Crippen molar-refractivity contribution in [1.29, 1.82) is 0 Å². The van der Waals surface area contributed by atoms with Gasteiger partial charge in [-0.15, -0.1) is 0 Å². The fraction of sp³-hybridized carbons (Fsp3) is 0.375. The van der Waals surface area contributed by atoms with Gasteiger partial charge in [0.05, 0.1) is 0 Å². The Balaban J connectivity index is 2.71. The minimum atomic E-state index is 0.163. The van der Waals surface area contributed by atoms with Gasteiger partial charge < -0.3 is 4.90 Å². The molecule has 0 bridgehead atoms. The highest BCUT2D eigenvalue weighted by atomic mass is 16.1.